The Balaban J connectivity index is 0.000000450. The predicted octanol–water partition coefficient (Wildman–Crippen LogP) is 5.69. The van der Waals surface area contributed by atoms with Crippen LogP contribution in [0.5, 0.6) is 0 Å². The van der Waals surface area contributed by atoms with Gasteiger partial charge >= 0.3 is 103 Å². The van der Waals surface area contributed by atoms with Gasteiger partial charge in [0.15, 0.2) is 0 Å². The molecule has 0 aliphatic carbocycles. The SMILES string of the molecule is CCCC.F[B-](F)(F)F.[Rh][P](c1ccccc1)c1ccccc1. The fourth-order valence-electron chi connectivity index (χ4n) is 1.25. The number of hydrogen-bond donors (Lipinski definition) is 0. The number of hydrogen-bond acceptors (Lipinski definition) is 0. The monoisotopic (exact) mass is 433 g/mol. The Hall–Kier alpha value is -0.722. The molecule has 0 fully saturated rings. The van der Waals surface area contributed by atoms with E-state index >= 15 is 0 Å². The van der Waals surface area contributed by atoms with E-state index in [1.807, 2.05) is 0 Å². The summed E-state index contributed by atoms with van der Waals surface area (Å²) in [6.07, 6.45) is 2.36. The van der Waals surface area contributed by atoms with Gasteiger partial charge in [-0.1, -0.05) is 26.7 Å². The summed E-state index contributed by atoms with van der Waals surface area (Å²) in [6, 6.07) is 21.2. The molecule has 0 heterocycles. The van der Waals surface area contributed by atoms with E-state index in [1.54, 1.807) is 0 Å². The molecule has 130 valence electrons. The molecule has 0 bridgehead atoms. The van der Waals surface area contributed by atoms with Crippen LogP contribution in [0.1, 0.15) is 26.7 Å². The standard InChI is InChI=1S/C12H10P.C4H10.BF4.Rh/c1-3-7-11(8-4-1)13-12-9-5-2-6-10-12;1-3-4-2;2-1(3,4)5;/h1-10H;3-4H2,1-2H3;;/q-1;;-1;+1. The van der Waals surface area contributed by atoms with Gasteiger partial charge in [0.2, 0.25) is 0 Å². The van der Waals surface area contributed by atoms with E-state index in [1.165, 1.54) is 23.5 Å². The van der Waals surface area contributed by atoms with Gasteiger partial charge in [-0.3, -0.25) is 0 Å². The van der Waals surface area contributed by atoms with Crippen molar-refractivity contribution in [3.8, 4) is 0 Å². The predicted molar refractivity (Wildman–Crippen MR) is 89.8 cm³/mol. The average molecular weight is 433 g/mol. The number of benzene rings is 2. The molecule has 0 N–H and O–H groups in total. The second-order valence-corrected chi connectivity index (χ2v) is 8.18. The molecule has 0 unspecified atom stereocenters. The Morgan fingerprint density at radius 2 is 1.00 bits per heavy atom. The number of rotatable bonds is 3. The van der Waals surface area contributed by atoms with Crippen molar-refractivity contribution in [1.29, 1.82) is 0 Å². The summed E-state index contributed by atoms with van der Waals surface area (Å²) in [5.41, 5.74) is 0. The summed E-state index contributed by atoms with van der Waals surface area (Å²) in [5, 5.41) is 2.78. The zero-order valence-corrected chi connectivity index (χ0v) is 15.6. The van der Waals surface area contributed by atoms with Crippen molar-refractivity contribution in [2.75, 3.05) is 0 Å². The fourth-order valence-corrected chi connectivity index (χ4v) is 3.86. The van der Waals surface area contributed by atoms with E-state index < -0.39 is 7.25 Å². The topological polar surface area (TPSA) is 0 Å². The summed E-state index contributed by atoms with van der Waals surface area (Å²) in [5.74, 6) is 0. The van der Waals surface area contributed by atoms with Crippen LogP contribution in [0.15, 0.2) is 60.7 Å². The Bertz CT molecular complexity index is 461. The van der Waals surface area contributed by atoms with Gasteiger partial charge in [-0.2, -0.15) is 0 Å². The van der Waals surface area contributed by atoms with Gasteiger partial charge < -0.3 is 17.3 Å². The molecule has 0 aromatic heterocycles. The van der Waals surface area contributed by atoms with Crippen molar-refractivity contribution >= 4 is 24.1 Å². The molecule has 0 spiro atoms. The van der Waals surface area contributed by atoms with E-state index in [0.717, 1.165) is 0 Å². The first kappa shape index (κ1) is 22.3. The van der Waals surface area contributed by atoms with Crippen LogP contribution in [0.4, 0.5) is 17.3 Å². The van der Waals surface area contributed by atoms with Crippen molar-refractivity contribution in [3.05, 3.63) is 60.7 Å². The third-order valence-electron chi connectivity index (χ3n) is 2.44. The molecule has 0 aliphatic rings. The van der Waals surface area contributed by atoms with Gasteiger partial charge in [0, 0.05) is 0 Å². The van der Waals surface area contributed by atoms with Crippen molar-refractivity contribution in [3.63, 3.8) is 0 Å². The maximum absolute atomic E-state index is 9.75. The van der Waals surface area contributed by atoms with Crippen LogP contribution in [0.2, 0.25) is 0 Å². The number of unbranched alkanes of at least 4 members (excludes halogenated alkanes) is 1. The molecule has 0 nitrogen and oxygen atoms in total. The summed E-state index contributed by atoms with van der Waals surface area (Å²) < 4.78 is 39.0. The van der Waals surface area contributed by atoms with Gasteiger partial charge in [0.05, 0.1) is 0 Å². The Kier molecular flexibility index (Phi) is 12.3. The molecule has 0 aliphatic heterocycles. The fraction of sp³-hybridized carbons (Fsp3) is 0.250. The van der Waals surface area contributed by atoms with Crippen molar-refractivity contribution in [2.24, 2.45) is 0 Å². The van der Waals surface area contributed by atoms with Gasteiger partial charge in [0.1, 0.15) is 0 Å². The maximum atomic E-state index is 9.75. The van der Waals surface area contributed by atoms with Crippen LogP contribution in [0.3, 0.4) is 0 Å². The third kappa shape index (κ3) is 13.4. The minimum atomic E-state index is -6.00. The molecule has 0 radical (unpaired) electrons. The van der Waals surface area contributed by atoms with Crippen LogP contribution in [-0.2, 0) is 17.8 Å². The second-order valence-electron chi connectivity index (χ2n) is 4.43. The van der Waals surface area contributed by atoms with Crippen molar-refractivity contribution < 1.29 is 35.1 Å². The third-order valence-corrected chi connectivity index (χ3v) is 6.44. The van der Waals surface area contributed by atoms with Gasteiger partial charge in [0.25, 0.3) is 0 Å². The van der Waals surface area contributed by atoms with E-state index in [2.05, 4.69) is 92.3 Å². The molecule has 23 heavy (non-hydrogen) atoms. The molecule has 2 rings (SSSR count). The van der Waals surface area contributed by atoms with Gasteiger partial charge in [-0.25, -0.2) is 0 Å². The van der Waals surface area contributed by atoms with Gasteiger partial charge in [-0.05, 0) is 0 Å². The zero-order valence-electron chi connectivity index (χ0n) is 13.1. The molecular weight excluding hydrogens is 413 g/mol. The quantitative estimate of drug-likeness (QED) is 0.332. The van der Waals surface area contributed by atoms with Crippen LogP contribution >= 0.6 is 6.25 Å². The van der Waals surface area contributed by atoms with Crippen LogP contribution < -0.4 is 10.6 Å². The van der Waals surface area contributed by atoms with Crippen molar-refractivity contribution in [2.45, 2.75) is 26.7 Å². The van der Waals surface area contributed by atoms with Crippen LogP contribution in [0.25, 0.3) is 0 Å². The minimum absolute atomic E-state index is 0.281. The second kappa shape index (κ2) is 12.7. The summed E-state index contributed by atoms with van der Waals surface area (Å²) in [4.78, 5) is 0. The zero-order chi connectivity index (χ0) is 17.7. The van der Waals surface area contributed by atoms with Crippen LogP contribution in [0, 0.1) is 0 Å². The first-order valence-corrected chi connectivity index (χ1v) is 10.6. The van der Waals surface area contributed by atoms with E-state index in [0.29, 0.717) is 0 Å². The van der Waals surface area contributed by atoms with Crippen molar-refractivity contribution in [1.82, 2.24) is 0 Å². The molecule has 2 aromatic rings. The average Bonchev–Trinajstić information content (AvgIpc) is 2.54. The molecule has 0 saturated carbocycles. The van der Waals surface area contributed by atoms with E-state index in [9.17, 15) is 17.3 Å². The Morgan fingerprint density at radius 1 is 0.739 bits per heavy atom. The van der Waals surface area contributed by atoms with E-state index in [4.69, 9.17) is 0 Å². The summed E-state index contributed by atoms with van der Waals surface area (Å²) in [7, 11) is -6.00. The molecule has 2 aromatic carbocycles. The normalized spacial score (nSPS) is 10.3. The van der Waals surface area contributed by atoms with Crippen LogP contribution in [-0.4, -0.2) is 7.25 Å². The first-order chi connectivity index (χ1) is 10.8. The summed E-state index contributed by atoms with van der Waals surface area (Å²) >= 11 is 3.16. The molecule has 0 atom stereocenters. The molecule has 0 saturated heterocycles. The van der Waals surface area contributed by atoms with E-state index in [-0.39, 0.29) is 6.25 Å². The van der Waals surface area contributed by atoms with Gasteiger partial charge in [-0.15, -0.1) is 0 Å². The Labute approximate surface area is 146 Å². The summed E-state index contributed by atoms with van der Waals surface area (Å²) in [6.45, 7) is 4.36. The first-order valence-electron chi connectivity index (χ1n) is 7.20. The number of halogens is 4. The Morgan fingerprint density at radius 3 is 1.22 bits per heavy atom. The molecule has 0 amide bonds. The molecule has 7 heteroatoms. The molecular formula is C16H20BF4PRh-.